The monoisotopic (exact) mass is 160 g/mol. The molecule has 1 aliphatic heterocycles. The fourth-order valence-corrected chi connectivity index (χ4v) is 1.20. The number of hydrogen-bond donors (Lipinski definition) is 2. The zero-order valence-corrected chi connectivity index (χ0v) is 6.93. The van der Waals surface area contributed by atoms with Gasteiger partial charge < -0.3 is 0 Å². The zero-order chi connectivity index (χ0) is 7.94. The van der Waals surface area contributed by atoms with Crippen LogP contribution in [0.2, 0.25) is 0 Å². The van der Waals surface area contributed by atoms with Crippen molar-refractivity contribution in [2.75, 3.05) is 20.2 Å². The van der Waals surface area contributed by atoms with Crippen LogP contribution >= 0.6 is 0 Å². The molecule has 1 saturated heterocycles. The minimum absolute atomic E-state index is 0.259. The van der Waals surface area contributed by atoms with Crippen LogP contribution in [0.25, 0.3) is 0 Å². The van der Waals surface area contributed by atoms with Crippen LogP contribution in [0.15, 0.2) is 0 Å². The van der Waals surface area contributed by atoms with Crippen LogP contribution in [-0.4, -0.2) is 26.3 Å². The molecule has 1 fully saturated rings. The van der Waals surface area contributed by atoms with Gasteiger partial charge in [0, 0.05) is 13.1 Å². The van der Waals surface area contributed by atoms with Crippen molar-refractivity contribution < 1.29 is 9.78 Å². The van der Waals surface area contributed by atoms with Crippen LogP contribution in [0.4, 0.5) is 0 Å². The molecule has 4 heteroatoms. The summed E-state index contributed by atoms with van der Waals surface area (Å²) in [6.45, 7) is 1.94. The maximum atomic E-state index is 5.05. The van der Waals surface area contributed by atoms with Gasteiger partial charge in [0.05, 0.1) is 13.2 Å². The van der Waals surface area contributed by atoms with Crippen molar-refractivity contribution in [1.29, 1.82) is 0 Å². The fraction of sp³-hybridized carbons (Fsp3) is 1.00. The Kier molecular flexibility index (Phi) is 4.45. The normalized spacial score (nSPS) is 27.5. The van der Waals surface area contributed by atoms with Gasteiger partial charge in [-0.3, -0.25) is 10.9 Å². The first kappa shape index (κ1) is 8.93. The lowest BCUT2D eigenvalue weighted by Crippen LogP contribution is -2.37. The van der Waals surface area contributed by atoms with Gasteiger partial charge in [-0.25, -0.2) is 9.78 Å². The molecule has 0 amide bonds. The summed E-state index contributed by atoms with van der Waals surface area (Å²) in [6, 6.07) is 0. The molecule has 0 aromatic heterocycles. The van der Waals surface area contributed by atoms with Crippen LogP contribution in [0.1, 0.15) is 19.3 Å². The first-order valence-corrected chi connectivity index (χ1v) is 4.08. The highest BCUT2D eigenvalue weighted by Gasteiger charge is 2.10. The quantitative estimate of drug-likeness (QED) is 0.447. The van der Waals surface area contributed by atoms with E-state index in [0.29, 0.717) is 0 Å². The van der Waals surface area contributed by atoms with Crippen LogP contribution < -0.4 is 10.9 Å². The lowest BCUT2D eigenvalue weighted by Gasteiger charge is -2.19. The molecular weight excluding hydrogens is 144 g/mol. The Morgan fingerprint density at radius 3 is 2.82 bits per heavy atom. The second kappa shape index (κ2) is 5.49. The lowest BCUT2D eigenvalue weighted by molar-refractivity contribution is -0.307. The molecule has 1 unspecified atom stereocenters. The fourth-order valence-electron chi connectivity index (χ4n) is 1.20. The largest absolute Gasteiger partial charge is 0.258 e. The second-order valence-electron chi connectivity index (χ2n) is 2.67. The summed E-state index contributed by atoms with van der Waals surface area (Å²) < 4.78 is 0. The Balaban J connectivity index is 2.15. The summed E-state index contributed by atoms with van der Waals surface area (Å²) in [4.78, 5) is 9.68. The first-order chi connectivity index (χ1) is 5.43. The molecule has 11 heavy (non-hydrogen) atoms. The van der Waals surface area contributed by atoms with Gasteiger partial charge in [0.2, 0.25) is 0 Å². The summed E-state index contributed by atoms with van der Waals surface area (Å²) in [6.07, 6.45) is 3.46. The Morgan fingerprint density at radius 2 is 2.00 bits per heavy atom. The van der Waals surface area contributed by atoms with Crippen molar-refractivity contribution in [3.05, 3.63) is 0 Å². The van der Waals surface area contributed by atoms with Crippen LogP contribution in [0, 0.1) is 0 Å². The minimum Gasteiger partial charge on any atom is -0.258 e. The maximum absolute atomic E-state index is 5.05. The smallest absolute Gasteiger partial charge is 0.0943 e. The standard InChI is InChI=1S/C7H16N2O2/c1-10-11-7-3-2-5-8-9-6-4-7/h7-9H,2-6H2,1H3. The molecule has 4 nitrogen and oxygen atoms in total. The highest BCUT2D eigenvalue weighted by molar-refractivity contribution is 4.62. The minimum atomic E-state index is 0.259. The van der Waals surface area contributed by atoms with Gasteiger partial charge in [-0.05, 0) is 19.3 Å². The Morgan fingerprint density at radius 1 is 1.18 bits per heavy atom. The summed E-state index contributed by atoms with van der Waals surface area (Å²) >= 11 is 0. The van der Waals surface area contributed by atoms with E-state index >= 15 is 0 Å². The van der Waals surface area contributed by atoms with E-state index in [1.54, 1.807) is 7.11 Å². The van der Waals surface area contributed by atoms with E-state index in [-0.39, 0.29) is 6.10 Å². The van der Waals surface area contributed by atoms with E-state index in [4.69, 9.17) is 4.89 Å². The highest BCUT2D eigenvalue weighted by atomic mass is 17.2. The van der Waals surface area contributed by atoms with Gasteiger partial charge in [-0.1, -0.05) is 0 Å². The molecule has 1 rings (SSSR count). The maximum Gasteiger partial charge on any atom is 0.0943 e. The molecule has 1 heterocycles. The topological polar surface area (TPSA) is 42.5 Å². The van der Waals surface area contributed by atoms with Crippen LogP contribution in [-0.2, 0) is 9.78 Å². The molecule has 1 atom stereocenters. The summed E-state index contributed by atoms with van der Waals surface area (Å²) in [5.41, 5.74) is 6.19. The summed E-state index contributed by atoms with van der Waals surface area (Å²) in [5.74, 6) is 0. The van der Waals surface area contributed by atoms with Crippen molar-refractivity contribution in [3.63, 3.8) is 0 Å². The molecule has 2 N–H and O–H groups in total. The van der Waals surface area contributed by atoms with E-state index < -0.39 is 0 Å². The molecule has 66 valence electrons. The zero-order valence-electron chi connectivity index (χ0n) is 6.93. The molecule has 0 radical (unpaired) electrons. The van der Waals surface area contributed by atoms with Crippen LogP contribution in [0.3, 0.4) is 0 Å². The summed E-state index contributed by atoms with van der Waals surface area (Å²) in [7, 11) is 1.56. The Hall–Kier alpha value is -0.160. The predicted octanol–water partition coefficient (Wildman–Crippen LogP) is 0.211. The third-order valence-electron chi connectivity index (χ3n) is 1.78. The SMILES string of the molecule is COOC1CCCNNCC1. The molecule has 0 aliphatic carbocycles. The number of hydrogen-bond acceptors (Lipinski definition) is 4. The van der Waals surface area contributed by atoms with E-state index in [0.717, 1.165) is 32.4 Å². The van der Waals surface area contributed by atoms with E-state index in [9.17, 15) is 0 Å². The average molecular weight is 160 g/mol. The Bertz CT molecular complexity index is 92.4. The molecular formula is C7H16N2O2. The molecule has 1 aliphatic rings. The highest BCUT2D eigenvalue weighted by Crippen LogP contribution is 2.07. The van der Waals surface area contributed by atoms with Gasteiger partial charge in [0.15, 0.2) is 0 Å². The number of hydrazine groups is 1. The number of rotatable bonds is 2. The van der Waals surface area contributed by atoms with Gasteiger partial charge in [-0.2, -0.15) is 0 Å². The molecule has 0 spiro atoms. The molecule has 0 aromatic carbocycles. The summed E-state index contributed by atoms with van der Waals surface area (Å²) in [5, 5.41) is 0. The molecule has 0 aromatic rings. The predicted molar refractivity (Wildman–Crippen MR) is 41.7 cm³/mol. The van der Waals surface area contributed by atoms with Gasteiger partial charge >= 0.3 is 0 Å². The average Bonchev–Trinajstić information content (AvgIpc) is 1.94. The van der Waals surface area contributed by atoms with Gasteiger partial charge in [-0.15, -0.1) is 0 Å². The van der Waals surface area contributed by atoms with Crippen molar-refractivity contribution in [2.24, 2.45) is 0 Å². The number of nitrogens with one attached hydrogen (secondary N) is 2. The third-order valence-corrected chi connectivity index (χ3v) is 1.78. The third kappa shape index (κ3) is 3.67. The van der Waals surface area contributed by atoms with Crippen molar-refractivity contribution in [2.45, 2.75) is 25.4 Å². The van der Waals surface area contributed by atoms with E-state index in [1.165, 1.54) is 0 Å². The Labute approximate surface area is 67.1 Å². The van der Waals surface area contributed by atoms with E-state index in [1.807, 2.05) is 0 Å². The van der Waals surface area contributed by atoms with Gasteiger partial charge in [0.25, 0.3) is 0 Å². The van der Waals surface area contributed by atoms with Crippen molar-refractivity contribution >= 4 is 0 Å². The molecule has 0 bridgehead atoms. The van der Waals surface area contributed by atoms with Crippen molar-refractivity contribution in [1.82, 2.24) is 10.9 Å². The first-order valence-electron chi connectivity index (χ1n) is 4.08. The van der Waals surface area contributed by atoms with Crippen molar-refractivity contribution in [3.8, 4) is 0 Å². The molecule has 0 saturated carbocycles. The lowest BCUT2D eigenvalue weighted by atomic mass is 10.1. The van der Waals surface area contributed by atoms with Gasteiger partial charge in [0.1, 0.15) is 0 Å². The van der Waals surface area contributed by atoms with Crippen LogP contribution in [0.5, 0.6) is 0 Å². The second-order valence-corrected chi connectivity index (χ2v) is 2.67. The van der Waals surface area contributed by atoms with E-state index in [2.05, 4.69) is 15.7 Å².